The number of benzene rings is 3. The lowest BCUT2D eigenvalue weighted by Gasteiger charge is -2.07. The van der Waals surface area contributed by atoms with E-state index in [9.17, 15) is 5.11 Å². The van der Waals surface area contributed by atoms with E-state index >= 15 is 0 Å². The maximum Gasteiger partial charge on any atom is 0.214 e. The molecule has 1 N–H and O–H groups in total. The number of aromatic hydroxyl groups is 1. The number of halogens is 1. The molecule has 0 saturated carbocycles. The summed E-state index contributed by atoms with van der Waals surface area (Å²) in [4.78, 5) is 16.0. The highest BCUT2D eigenvalue weighted by atomic mass is 127. The van der Waals surface area contributed by atoms with Gasteiger partial charge in [-0.15, -0.1) is 0 Å². The molecule has 0 spiro atoms. The highest BCUT2D eigenvalue weighted by Gasteiger charge is 2.12. The van der Waals surface area contributed by atoms with Gasteiger partial charge in [0.2, 0.25) is 23.5 Å². The predicted molar refractivity (Wildman–Crippen MR) is 277 cm³/mol. The van der Waals surface area contributed by atoms with Crippen LogP contribution in [0.1, 0.15) is 38.9 Å². The van der Waals surface area contributed by atoms with Gasteiger partial charge in [-0.05, 0) is 65.1 Å². The summed E-state index contributed by atoms with van der Waals surface area (Å²) in [5, 5.41) is 37.7. The van der Waals surface area contributed by atoms with Crippen molar-refractivity contribution in [3.05, 3.63) is 170 Å². The molecule has 366 valence electrons. The third-order valence-corrected chi connectivity index (χ3v) is 10.3. The first-order valence-electron chi connectivity index (χ1n) is 21.3. The fraction of sp³-hybridized carbons (Fsp3) is 0.145. The monoisotopic (exact) mass is 1090 g/mol. The van der Waals surface area contributed by atoms with Crippen LogP contribution in [-0.2, 0) is 9.47 Å². The summed E-state index contributed by atoms with van der Waals surface area (Å²) in [5.74, 6) is 15.4. The summed E-state index contributed by atoms with van der Waals surface area (Å²) in [6.45, 7) is 0.321. The summed E-state index contributed by atoms with van der Waals surface area (Å²) < 4.78 is 47.1. The third kappa shape index (κ3) is 16.1. The van der Waals surface area contributed by atoms with Crippen molar-refractivity contribution in [2.75, 3.05) is 56.2 Å². The van der Waals surface area contributed by atoms with Crippen molar-refractivity contribution < 1.29 is 47.4 Å². The molecule has 0 aliphatic heterocycles. The number of rotatable bonds is 11. The topological polar surface area (TPSA) is 230 Å². The molecular weight excluding hydrogens is 1050 g/mol. The first kappa shape index (κ1) is 54.6. The molecule has 8 aromatic rings. The van der Waals surface area contributed by atoms with E-state index in [4.69, 9.17) is 58.1 Å². The van der Waals surface area contributed by atoms with Crippen LogP contribution in [0.5, 0.6) is 40.8 Å². The van der Waals surface area contributed by atoms with Crippen molar-refractivity contribution in [2.24, 2.45) is 0 Å². The largest absolute Gasteiger partial charge is 0.505 e. The van der Waals surface area contributed by atoms with E-state index in [1.807, 2.05) is 30.3 Å². The predicted octanol–water partition coefficient (Wildman–Crippen LogP) is 9.46. The smallest absolute Gasteiger partial charge is 0.214 e. The van der Waals surface area contributed by atoms with E-state index in [1.165, 1.54) is 39.8 Å². The van der Waals surface area contributed by atoms with Gasteiger partial charge >= 0.3 is 0 Å². The van der Waals surface area contributed by atoms with Crippen LogP contribution in [-0.4, -0.2) is 81.3 Å². The number of methoxy groups -OCH3 is 6. The third-order valence-electron chi connectivity index (χ3n) is 9.45. The van der Waals surface area contributed by atoms with Crippen molar-refractivity contribution >= 4 is 33.6 Å². The Morgan fingerprint density at radius 3 is 1.48 bits per heavy atom. The molecule has 5 heterocycles. The Labute approximate surface area is 435 Å². The minimum Gasteiger partial charge on any atom is -0.505 e. The van der Waals surface area contributed by atoms with Gasteiger partial charge < -0.3 is 47.4 Å². The zero-order chi connectivity index (χ0) is 52.4. The Kier molecular flexibility index (Phi) is 21.7. The van der Waals surface area contributed by atoms with Crippen molar-refractivity contribution in [3.63, 3.8) is 0 Å². The second kappa shape index (κ2) is 29.0. The Balaban J connectivity index is 0.000000183. The molecule has 8 rings (SSSR count). The van der Waals surface area contributed by atoms with Gasteiger partial charge in [-0.2, -0.15) is 15.8 Å². The van der Waals surface area contributed by atoms with Gasteiger partial charge in [-0.1, -0.05) is 60.1 Å². The minimum atomic E-state index is -0.0252. The number of fused-ring (bicyclic) bond motifs is 1. The quantitative estimate of drug-likeness (QED) is 0.0722. The van der Waals surface area contributed by atoms with E-state index < -0.39 is 0 Å². The molecule has 0 unspecified atom stereocenters. The van der Waals surface area contributed by atoms with Crippen LogP contribution in [0, 0.1) is 61.2 Å². The Bertz CT molecular complexity index is 3400. The Morgan fingerprint density at radius 1 is 0.493 bits per heavy atom. The number of hydrogen-bond acceptors (Lipinski definition) is 17. The zero-order valence-electron chi connectivity index (χ0n) is 40.2. The fourth-order valence-corrected chi connectivity index (χ4v) is 6.43. The molecule has 0 saturated heterocycles. The number of pyridine rings is 4. The molecule has 0 radical (unpaired) electrons. The van der Waals surface area contributed by atoms with Crippen LogP contribution in [0.4, 0.5) is 0 Å². The molecule has 0 atom stereocenters. The van der Waals surface area contributed by atoms with E-state index in [-0.39, 0.29) is 19.3 Å². The minimum absolute atomic E-state index is 0.0252. The average Bonchev–Trinajstić information content (AvgIpc) is 3.87. The van der Waals surface area contributed by atoms with Gasteiger partial charge in [0.1, 0.15) is 23.6 Å². The van der Waals surface area contributed by atoms with E-state index in [0.29, 0.717) is 85.3 Å². The van der Waals surface area contributed by atoms with Crippen molar-refractivity contribution in [3.8, 4) is 94.0 Å². The highest BCUT2D eigenvalue weighted by molar-refractivity contribution is 14.1. The number of nitriles is 3. The lowest BCUT2D eigenvalue weighted by molar-refractivity contribution is 0.0501. The molecule has 0 fully saturated rings. The highest BCUT2D eigenvalue weighted by Crippen LogP contribution is 2.31. The molecule has 5 aromatic heterocycles. The molecule has 73 heavy (non-hydrogen) atoms. The van der Waals surface area contributed by atoms with Gasteiger partial charge in [-0.3, -0.25) is 0 Å². The number of ether oxygens (including phenoxy) is 8. The lowest BCUT2D eigenvalue weighted by atomic mass is 10.1. The van der Waals surface area contributed by atoms with E-state index in [2.05, 4.69) is 84.4 Å². The number of furan rings is 1. The normalized spacial score (nSPS) is 9.59. The SMILES string of the molecule is COCOc1cnc(OC)cc1C#Cc1ccccc1C#N.COCOc1cnc(OC)cc1I.COc1cc(C#Cc2ccccc2C#N)c(O)cn1.COc1cc2cc(-c3ccccc3C#N)oc2cn1. The molecule has 18 heteroatoms. The summed E-state index contributed by atoms with van der Waals surface area (Å²) in [5.41, 5.74) is 5.32. The van der Waals surface area contributed by atoms with Gasteiger partial charge in [0.05, 0.1) is 90.7 Å². The fourth-order valence-electron chi connectivity index (χ4n) is 5.87. The molecule has 0 aliphatic carbocycles. The van der Waals surface area contributed by atoms with Gasteiger partial charge in [0.25, 0.3) is 0 Å². The Hall–Kier alpha value is -9.36. The molecule has 17 nitrogen and oxygen atoms in total. The number of hydrogen-bond donors (Lipinski definition) is 1. The van der Waals surface area contributed by atoms with E-state index in [1.54, 1.807) is 100 Å². The summed E-state index contributed by atoms with van der Waals surface area (Å²) in [7, 11) is 9.27. The maximum absolute atomic E-state index is 9.65. The van der Waals surface area contributed by atoms with Crippen molar-refractivity contribution in [1.82, 2.24) is 19.9 Å². The molecule has 0 aliphatic rings. The molecule has 3 aromatic carbocycles. The Morgan fingerprint density at radius 2 is 0.932 bits per heavy atom. The molecule has 0 bridgehead atoms. The number of nitrogens with zero attached hydrogens (tertiary/aromatic N) is 7. The first-order chi connectivity index (χ1) is 35.6. The molecule has 0 amide bonds. The number of aromatic nitrogens is 4. The van der Waals surface area contributed by atoms with Crippen molar-refractivity contribution in [2.45, 2.75) is 0 Å². The van der Waals surface area contributed by atoms with Gasteiger partial charge in [0, 0.05) is 60.6 Å². The lowest BCUT2D eigenvalue weighted by Crippen LogP contribution is -2.01. The standard InChI is InChI=1S/C17H14N2O3.2C15H10N2O2.C8H10INO3/c1-20-12-22-16-11-19-17(21-2)9-14(16)8-7-13-5-3-4-6-15(13)10-18;1-18-15-7-11-6-13(19-14(11)9-17-15)12-5-3-2-4-10(12)8-16;1-19-15-8-12(14(18)10-17-15)7-6-11-4-2-3-5-13(11)9-16;1-11-5-13-7-4-10-8(12-2)3-6(7)9/h3-6,9,11H,12H2,1-2H3;2-7,9H,1H3;2-5,8,10,18H,1H3;3-4H,5H2,1-2H3. The first-order valence-corrected chi connectivity index (χ1v) is 22.4. The second-order valence-electron chi connectivity index (χ2n) is 14.1. The van der Waals surface area contributed by atoms with Gasteiger partial charge in [-0.25, -0.2) is 19.9 Å². The van der Waals surface area contributed by atoms with Crippen molar-refractivity contribution in [1.29, 1.82) is 15.8 Å². The summed E-state index contributed by atoms with van der Waals surface area (Å²) in [6, 6.07) is 36.5. The van der Waals surface area contributed by atoms with Gasteiger partial charge in [0.15, 0.2) is 30.7 Å². The average molecular weight is 1090 g/mol. The van der Waals surface area contributed by atoms with Crippen LogP contribution in [0.25, 0.3) is 22.3 Å². The zero-order valence-corrected chi connectivity index (χ0v) is 42.3. The van der Waals surface area contributed by atoms with Crippen LogP contribution >= 0.6 is 22.6 Å². The van der Waals surface area contributed by atoms with Crippen LogP contribution < -0.4 is 28.4 Å². The summed E-state index contributed by atoms with van der Waals surface area (Å²) >= 11 is 2.15. The van der Waals surface area contributed by atoms with E-state index in [0.717, 1.165) is 14.5 Å². The second-order valence-corrected chi connectivity index (χ2v) is 15.2. The van der Waals surface area contributed by atoms with Crippen LogP contribution in [0.2, 0.25) is 0 Å². The van der Waals surface area contributed by atoms with Crippen LogP contribution in [0.3, 0.4) is 0 Å². The van der Waals surface area contributed by atoms with Crippen LogP contribution in [0.15, 0.2) is 132 Å². The molecular formula is C55H44IN7O10. The maximum atomic E-state index is 9.65. The summed E-state index contributed by atoms with van der Waals surface area (Å²) in [6.07, 6.45) is 6.03.